The SMILES string of the molecule is CCc1cc(Cn2cc(CNC(=O)CN)nn2)n(C)n1. The lowest BCUT2D eigenvalue weighted by atomic mass is 10.3. The van der Waals surface area contributed by atoms with Gasteiger partial charge in [0.25, 0.3) is 0 Å². The van der Waals surface area contributed by atoms with Crippen molar-refractivity contribution in [2.75, 3.05) is 6.54 Å². The van der Waals surface area contributed by atoms with Crippen LogP contribution in [0, 0.1) is 0 Å². The Morgan fingerprint density at radius 2 is 2.25 bits per heavy atom. The highest BCUT2D eigenvalue weighted by Gasteiger charge is 2.07. The zero-order valence-corrected chi connectivity index (χ0v) is 11.7. The largest absolute Gasteiger partial charge is 0.349 e. The number of hydrogen-bond donors (Lipinski definition) is 2. The van der Waals surface area contributed by atoms with Crippen molar-refractivity contribution in [1.82, 2.24) is 30.1 Å². The summed E-state index contributed by atoms with van der Waals surface area (Å²) in [7, 11) is 1.91. The molecule has 0 atom stereocenters. The van der Waals surface area contributed by atoms with Crippen molar-refractivity contribution in [1.29, 1.82) is 0 Å². The van der Waals surface area contributed by atoms with E-state index in [9.17, 15) is 4.79 Å². The molecule has 2 rings (SSSR count). The topological polar surface area (TPSA) is 104 Å². The Morgan fingerprint density at radius 3 is 2.90 bits per heavy atom. The molecule has 2 heterocycles. The van der Waals surface area contributed by atoms with E-state index in [0.29, 0.717) is 18.8 Å². The highest BCUT2D eigenvalue weighted by Crippen LogP contribution is 2.06. The van der Waals surface area contributed by atoms with Crippen LogP contribution in [0.1, 0.15) is 24.0 Å². The first-order valence-corrected chi connectivity index (χ1v) is 6.50. The third kappa shape index (κ3) is 3.41. The van der Waals surface area contributed by atoms with E-state index >= 15 is 0 Å². The first kappa shape index (κ1) is 14.2. The molecule has 0 aliphatic carbocycles. The van der Waals surface area contributed by atoms with Gasteiger partial charge in [0.15, 0.2) is 0 Å². The van der Waals surface area contributed by atoms with Gasteiger partial charge in [-0.1, -0.05) is 12.1 Å². The summed E-state index contributed by atoms with van der Waals surface area (Å²) in [5.41, 5.74) is 8.02. The van der Waals surface area contributed by atoms with E-state index in [1.807, 2.05) is 11.7 Å². The van der Waals surface area contributed by atoms with Gasteiger partial charge in [0.05, 0.1) is 37.2 Å². The Hall–Kier alpha value is -2.22. The molecular weight excluding hydrogens is 258 g/mol. The highest BCUT2D eigenvalue weighted by atomic mass is 16.1. The zero-order valence-electron chi connectivity index (χ0n) is 11.7. The van der Waals surface area contributed by atoms with Gasteiger partial charge in [0.1, 0.15) is 5.69 Å². The maximum absolute atomic E-state index is 11.1. The Bertz CT molecular complexity index is 586. The van der Waals surface area contributed by atoms with Crippen molar-refractivity contribution in [2.24, 2.45) is 12.8 Å². The molecule has 0 radical (unpaired) electrons. The summed E-state index contributed by atoms with van der Waals surface area (Å²) in [4.78, 5) is 11.1. The van der Waals surface area contributed by atoms with Gasteiger partial charge < -0.3 is 11.1 Å². The van der Waals surface area contributed by atoms with Crippen molar-refractivity contribution in [3.05, 3.63) is 29.3 Å². The fourth-order valence-electron chi connectivity index (χ4n) is 1.82. The number of nitrogens with two attached hydrogens (primary N) is 1. The van der Waals surface area contributed by atoms with E-state index in [4.69, 9.17) is 5.73 Å². The van der Waals surface area contributed by atoms with Crippen LogP contribution in [0.25, 0.3) is 0 Å². The van der Waals surface area contributed by atoms with E-state index in [1.54, 1.807) is 10.9 Å². The Morgan fingerprint density at radius 1 is 1.45 bits per heavy atom. The van der Waals surface area contributed by atoms with Gasteiger partial charge in [-0.3, -0.25) is 9.48 Å². The molecule has 0 aliphatic heterocycles. The third-order valence-corrected chi connectivity index (χ3v) is 2.95. The number of nitrogens with one attached hydrogen (secondary N) is 1. The molecule has 0 aromatic carbocycles. The summed E-state index contributed by atoms with van der Waals surface area (Å²) in [5.74, 6) is -0.209. The lowest BCUT2D eigenvalue weighted by Crippen LogP contribution is -2.29. The number of hydrogen-bond acceptors (Lipinski definition) is 5. The van der Waals surface area contributed by atoms with Gasteiger partial charge in [-0.15, -0.1) is 5.10 Å². The molecule has 0 bridgehead atoms. The summed E-state index contributed by atoms with van der Waals surface area (Å²) < 4.78 is 3.57. The molecule has 0 aliphatic rings. The van der Waals surface area contributed by atoms with Crippen LogP contribution in [-0.2, 0) is 31.4 Å². The summed E-state index contributed by atoms with van der Waals surface area (Å²) >= 11 is 0. The monoisotopic (exact) mass is 277 g/mol. The maximum atomic E-state index is 11.1. The number of carbonyl (C=O) groups excluding carboxylic acids is 1. The second-order valence-electron chi connectivity index (χ2n) is 4.49. The molecule has 0 fully saturated rings. The van der Waals surface area contributed by atoms with Crippen molar-refractivity contribution >= 4 is 5.91 Å². The fraction of sp³-hybridized carbons (Fsp3) is 0.500. The first-order chi connectivity index (χ1) is 9.62. The molecule has 1 amide bonds. The van der Waals surface area contributed by atoms with Crippen molar-refractivity contribution < 1.29 is 4.79 Å². The zero-order chi connectivity index (χ0) is 14.5. The summed E-state index contributed by atoms with van der Waals surface area (Å²) in [6, 6.07) is 2.05. The predicted octanol–water partition coefficient (Wildman–Crippen LogP) is -0.803. The van der Waals surface area contributed by atoms with Crippen molar-refractivity contribution in [2.45, 2.75) is 26.4 Å². The van der Waals surface area contributed by atoms with Crippen LogP contribution in [0.15, 0.2) is 12.3 Å². The van der Waals surface area contributed by atoms with Gasteiger partial charge >= 0.3 is 0 Å². The lowest BCUT2D eigenvalue weighted by Gasteiger charge is -2.00. The van der Waals surface area contributed by atoms with Gasteiger partial charge in [-0.05, 0) is 12.5 Å². The third-order valence-electron chi connectivity index (χ3n) is 2.95. The molecular formula is C12H19N7O. The minimum Gasteiger partial charge on any atom is -0.349 e. The molecule has 2 aromatic rings. The summed E-state index contributed by atoms with van der Waals surface area (Å²) in [5, 5.41) is 15.1. The molecule has 8 nitrogen and oxygen atoms in total. The molecule has 8 heteroatoms. The summed E-state index contributed by atoms with van der Waals surface area (Å²) in [6.07, 6.45) is 2.71. The minimum absolute atomic E-state index is 0.0248. The Kier molecular flexibility index (Phi) is 4.46. The normalized spacial score (nSPS) is 10.8. The van der Waals surface area contributed by atoms with Crippen LogP contribution >= 0.6 is 0 Å². The Labute approximate surface area is 116 Å². The van der Waals surface area contributed by atoms with Crippen LogP contribution in [0.3, 0.4) is 0 Å². The number of aromatic nitrogens is 5. The van der Waals surface area contributed by atoms with Gasteiger partial charge in [0, 0.05) is 7.05 Å². The maximum Gasteiger partial charge on any atom is 0.234 e. The average Bonchev–Trinajstić information content (AvgIpc) is 3.04. The molecule has 0 unspecified atom stereocenters. The van der Waals surface area contributed by atoms with Crippen molar-refractivity contribution in [3.63, 3.8) is 0 Å². The van der Waals surface area contributed by atoms with Crippen LogP contribution < -0.4 is 11.1 Å². The average molecular weight is 277 g/mol. The van der Waals surface area contributed by atoms with Gasteiger partial charge in [-0.2, -0.15) is 5.10 Å². The number of aryl methyl sites for hydroxylation is 2. The first-order valence-electron chi connectivity index (χ1n) is 6.50. The van der Waals surface area contributed by atoms with E-state index in [-0.39, 0.29) is 12.5 Å². The van der Waals surface area contributed by atoms with Gasteiger partial charge in [0.2, 0.25) is 5.91 Å². The molecule has 0 saturated heterocycles. The molecule has 108 valence electrons. The number of nitrogens with zero attached hydrogens (tertiary/aromatic N) is 5. The Balaban J connectivity index is 1.98. The van der Waals surface area contributed by atoms with Crippen LogP contribution in [-0.4, -0.2) is 37.2 Å². The molecule has 20 heavy (non-hydrogen) atoms. The number of amides is 1. The minimum atomic E-state index is -0.209. The quantitative estimate of drug-likeness (QED) is 0.719. The molecule has 0 saturated carbocycles. The lowest BCUT2D eigenvalue weighted by molar-refractivity contribution is -0.119. The smallest absolute Gasteiger partial charge is 0.234 e. The highest BCUT2D eigenvalue weighted by molar-refractivity contribution is 5.77. The number of carbonyl (C=O) groups is 1. The van der Waals surface area contributed by atoms with E-state index in [2.05, 4.69) is 33.7 Å². The predicted molar refractivity (Wildman–Crippen MR) is 72.6 cm³/mol. The second-order valence-corrected chi connectivity index (χ2v) is 4.49. The molecule has 0 spiro atoms. The molecule has 2 aromatic heterocycles. The molecule has 3 N–H and O–H groups in total. The number of rotatable bonds is 6. The van der Waals surface area contributed by atoms with Crippen LogP contribution in [0.4, 0.5) is 0 Å². The van der Waals surface area contributed by atoms with E-state index in [1.165, 1.54) is 0 Å². The second kappa shape index (κ2) is 6.29. The van der Waals surface area contributed by atoms with Crippen LogP contribution in [0.2, 0.25) is 0 Å². The van der Waals surface area contributed by atoms with Crippen LogP contribution in [0.5, 0.6) is 0 Å². The van der Waals surface area contributed by atoms with E-state index in [0.717, 1.165) is 17.8 Å². The van der Waals surface area contributed by atoms with Crippen molar-refractivity contribution in [3.8, 4) is 0 Å². The van der Waals surface area contributed by atoms with Gasteiger partial charge in [-0.25, -0.2) is 4.68 Å². The standard InChI is InChI=1S/C12H19N7O/c1-3-9-4-11(18(2)16-9)8-19-7-10(15-17-19)6-14-12(20)5-13/h4,7H,3,5-6,8,13H2,1-2H3,(H,14,20). The summed E-state index contributed by atoms with van der Waals surface area (Å²) in [6.45, 7) is 2.98. The van der Waals surface area contributed by atoms with E-state index < -0.39 is 0 Å². The fourth-order valence-corrected chi connectivity index (χ4v) is 1.82.